The molecule has 2 aromatic heterocycles. The maximum absolute atomic E-state index is 12.8. The number of fused-ring (bicyclic) bond motifs is 1. The maximum atomic E-state index is 12.8. The van der Waals surface area contributed by atoms with Crippen LogP contribution in [0, 0.1) is 5.92 Å². The third-order valence-corrected chi connectivity index (χ3v) is 13.3. The molecule has 0 bridgehead atoms. The Balaban J connectivity index is 1.52. The number of ether oxygens (including phenoxy) is 3. The smallest absolute Gasteiger partial charge is 0.414 e. The molecule has 4 unspecified atom stereocenters. The summed E-state index contributed by atoms with van der Waals surface area (Å²) >= 11 is 0. The lowest BCUT2D eigenvalue weighted by Crippen LogP contribution is -2.66. The summed E-state index contributed by atoms with van der Waals surface area (Å²) < 4.78 is 31.2. The van der Waals surface area contributed by atoms with Crippen LogP contribution in [0.5, 0.6) is 0 Å². The van der Waals surface area contributed by atoms with Crippen LogP contribution in [0.3, 0.4) is 0 Å². The van der Waals surface area contributed by atoms with Gasteiger partial charge in [-0.25, -0.2) is 14.6 Å². The largest absolute Gasteiger partial charge is 0.428 e. The molecule has 4 heterocycles. The summed E-state index contributed by atoms with van der Waals surface area (Å²) in [5.41, 5.74) is -1.50. The van der Waals surface area contributed by atoms with E-state index in [0.717, 1.165) is 0 Å². The van der Waals surface area contributed by atoms with Gasteiger partial charge in [0.05, 0.1) is 29.8 Å². The maximum Gasteiger partial charge on any atom is 0.414 e. The van der Waals surface area contributed by atoms with E-state index in [1.807, 2.05) is 0 Å². The third kappa shape index (κ3) is 5.30. The zero-order valence-electron chi connectivity index (χ0n) is 26.5. The fourth-order valence-corrected chi connectivity index (χ4v) is 11.4. The summed E-state index contributed by atoms with van der Waals surface area (Å²) in [6.45, 7) is 17.2. The number of esters is 1. The highest BCUT2D eigenvalue weighted by atomic mass is 28.4. The number of amides is 1. The van der Waals surface area contributed by atoms with Gasteiger partial charge in [-0.15, -0.1) is 0 Å². The number of nitrogens with zero attached hydrogens (tertiary/aromatic N) is 3. The lowest BCUT2D eigenvalue weighted by molar-refractivity contribution is -0.155. The number of rotatable bonds is 5. The van der Waals surface area contributed by atoms with Gasteiger partial charge in [0.2, 0.25) is 6.79 Å². The van der Waals surface area contributed by atoms with E-state index in [4.69, 9.17) is 23.1 Å². The van der Waals surface area contributed by atoms with Crippen molar-refractivity contribution in [1.82, 2.24) is 20.0 Å². The number of hydrogen-bond donors (Lipinski definition) is 3. The number of aromatic amines is 1. The van der Waals surface area contributed by atoms with Gasteiger partial charge in [-0.2, -0.15) is 10.2 Å². The van der Waals surface area contributed by atoms with Crippen molar-refractivity contribution in [2.45, 2.75) is 96.4 Å². The molecule has 0 radical (unpaired) electrons. The van der Waals surface area contributed by atoms with Gasteiger partial charge in [-0.3, -0.25) is 14.9 Å². The number of aliphatic hydroxyl groups is 1. The summed E-state index contributed by atoms with van der Waals surface area (Å²) in [4.78, 5) is 37.1. The van der Waals surface area contributed by atoms with Crippen molar-refractivity contribution in [2.24, 2.45) is 5.92 Å². The van der Waals surface area contributed by atoms with Gasteiger partial charge in [0.15, 0.2) is 6.23 Å². The molecule has 1 amide bonds. The van der Waals surface area contributed by atoms with Gasteiger partial charge >= 0.3 is 20.6 Å². The van der Waals surface area contributed by atoms with E-state index in [0.29, 0.717) is 16.3 Å². The van der Waals surface area contributed by atoms with Crippen molar-refractivity contribution in [3.8, 4) is 0 Å². The minimum Gasteiger partial charge on any atom is -0.428 e. The zero-order valence-corrected chi connectivity index (χ0v) is 27.5. The van der Waals surface area contributed by atoms with Crippen LogP contribution < -0.4 is 10.9 Å². The van der Waals surface area contributed by atoms with Crippen LogP contribution in [-0.2, 0) is 27.9 Å². The van der Waals surface area contributed by atoms with Crippen molar-refractivity contribution < 1.29 is 37.8 Å². The first-order valence-corrected chi connectivity index (χ1v) is 16.4. The standard InChI is InChI=1S/C29H41N5O9Si/c1-15(2)24(36)39-14-40-26(37)31-18-10-16-21-17(18)12-34(33-19(21)11-30-32-23(16)35)25-29(9,38)22-20(42-25)13-41-44(43-22,27(3,4)5)28(6,7)8/h10-12,15,20,22,25,38H,13-14H2,1-9H3,(H,31,37)(H,32,35). The molecular weight excluding hydrogens is 590 g/mol. The molecule has 1 aromatic carbocycles. The summed E-state index contributed by atoms with van der Waals surface area (Å²) in [6, 6.07) is 1.47. The quantitative estimate of drug-likeness (QED) is 0.210. The normalized spacial score (nSPS) is 25.3. The van der Waals surface area contributed by atoms with Gasteiger partial charge in [0.25, 0.3) is 5.56 Å². The third-order valence-electron chi connectivity index (χ3n) is 8.23. The average Bonchev–Trinajstić information content (AvgIpc) is 3.34. The van der Waals surface area contributed by atoms with E-state index in [2.05, 4.69) is 62.2 Å². The summed E-state index contributed by atoms with van der Waals surface area (Å²) in [6.07, 6.45) is -0.225. The van der Waals surface area contributed by atoms with Crippen LogP contribution in [0.15, 0.2) is 23.3 Å². The van der Waals surface area contributed by atoms with Crippen LogP contribution >= 0.6 is 0 Å². The Kier molecular flexibility index (Phi) is 7.94. The molecule has 14 nitrogen and oxygen atoms in total. The second-order valence-corrected chi connectivity index (χ2v) is 18.7. The number of anilines is 1. The number of hydrogen-bond acceptors (Lipinski definition) is 11. The minimum atomic E-state index is -2.94. The van der Waals surface area contributed by atoms with Crippen LogP contribution in [0.1, 0.15) is 68.5 Å². The highest BCUT2D eigenvalue weighted by Crippen LogP contribution is 2.57. The zero-order chi connectivity index (χ0) is 32.4. The number of carbonyl (C=O) groups is 2. The Labute approximate surface area is 255 Å². The van der Waals surface area contributed by atoms with Crippen molar-refractivity contribution >= 4 is 48.0 Å². The van der Waals surface area contributed by atoms with Crippen molar-refractivity contribution in [1.29, 1.82) is 0 Å². The molecule has 240 valence electrons. The number of nitrogens with one attached hydrogen (secondary N) is 2. The monoisotopic (exact) mass is 631 g/mol. The Morgan fingerprint density at radius 2 is 1.89 bits per heavy atom. The van der Waals surface area contributed by atoms with Crippen molar-refractivity contribution in [3.05, 3.63) is 28.8 Å². The number of aromatic nitrogens is 4. The molecule has 44 heavy (non-hydrogen) atoms. The van der Waals surface area contributed by atoms with E-state index in [1.54, 1.807) is 27.0 Å². The summed E-state index contributed by atoms with van der Waals surface area (Å²) in [5, 5.41) is 26.2. The van der Waals surface area contributed by atoms with Crippen LogP contribution in [0.4, 0.5) is 10.5 Å². The van der Waals surface area contributed by atoms with E-state index >= 15 is 0 Å². The SMILES string of the molecule is CC(C)C(=O)OCOC(=O)Nc1cc2c(=O)[nH]ncc3nn(C4OC5CO[Si](C(C)(C)C)(C(C)(C)C)OC5C4(C)O)cc1c32. The van der Waals surface area contributed by atoms with Crippen molar-refractivity contribution in [3.63, 3.8) is 0 Å². The molecular formula is C29H41N5O9Si. The molecule has 2 saturated heterocycles. The Hall–Kier alpha value is -3.37. The first kappa shape index (κ1) is 32.0. The van der Waals surface area contributed by atoms with E-state index in [-0.39, 0.29) is 33.7 Å². The fourth-order valence-electron chi connectivity index (χ4n) is 6.35. The highest BCUT2D eigenvalue weighted by Gasteiger charge is 2.67. The molecule has 4 atom stereocenters. The lowest BCUT2D eigenvalue weighted by Gasteiger charge is -2.54. The topological polar surface area (TPSA) is 176 Å². The van der Waals surface area contributed by atoms with Gasteiger partial charge in [-0.1, -0.05) is 55.4 Å². The van der Waals surface area contributed by atoms with Crippen LogP contribution in [-0.4, -0.2) is 76.9 Å². The van der Waals surface area contributed by atoms with E-state index < -0.39 is 57.0 Å². The molecule has 0 spiro atoms. The molecule has 3 aromatic rings. The van der Waals surface area contributed by atoms with E-state index in [9.17, 15) is 19.5 Å². The average molecular weight is 632 g/mol. The Morgan fingerprint density at radius 1 is 1.20 bits per heavy atom. The molecule has 0 aliphatic carbocycles. The van der Waals surface area contributed by atoms with Crippen molar-refractivity contribution in [2.75, 3.05) is 18.7 Å². The Morgan fingerprint density at radius 3 is 2.52 bits per heavy atom. The minimum absolute atomic E-state index is 0.226. The molecule has 2 aliphatic heterocycles. The second kappa shape index (κ2) is 10.9. The Bertz CT molecular complexity index is 1640. The van der Waals surface area contributed by atoms with E-state index in [1.165, 1.54) is 16.9 Å². The molecule has 2 fully saturated rings. The van der Waals surface area contributed by atoms with Gasteiger partial charge in [0.1, 0.15) is 23.3 Å². The fraction of sp³-hybridized carbons (Fsp3) is 0.621. The second-order valence-electron chi connectivity index (χ2n) is 14.0. The number of carbonyl (C=O) groups excluding carboxylic acids is 2. The molecule has 5 rings (SSSR count). The lowest BCUT2D eigenvalue weighted by atomic mass is 9.97. The summed E-state index contributed by atoms with van der Waals surface area (Å²) in [7, 11) is -2.94. The molecule has 15 heteroatoms. The van der Waals surface area contributed by atoms with Gasteiger partial charge < -0.3 is 28.2 Å². The van der Waals surface area contributed by atoms with Crippen LogP contribution in [0.2, 0.25) is 10.1 Å². The molecule has 3 N–H and O–H groups in total. The predicted molar refractivity (Wildman–Crippen MR) is 162 cm³/mol. The highest BCUT2D eigenvalue weighted by molar-refractivity contribution is 6.73. The molecule has 2 aliphatic rings. The number of H-pyrrole nitrogens is 1. The first-order chi connectivity index (χ1) is 20.4. The van der Waals surface area contributed by atoms with Crippen LogP contribution in [0.25, 0.3) is 21.7 Å². The van der Waals surface area contributed by atoms with Gasteiger partial charge in [-0.05, 0) is 13.0 Å². The first-order valence-electron chi connectivity index (χ1n) is 14.6. The summed E-state index contributed by atoms with van der Waals surface area (Å²) in [5.74, 6) is -0.899. The molecule has 0 saturated carbocycles. The predicted octanol–water partition coefficient (Wildman–Crippen LogP) is 4.08. The van der Waals surface area contributed by atoms with Gasteiger partial charge in [0, 0.05) is 27.0 Å².